The molecule has 2 aromatic carbocycles. The van der Waals surface area contributed by atoms with Crippen LogP contribution < -0.4 is 10.6 Å². The number of aromatic amines is 1. The van der Waals surface area contributed by atoms with E-state index >= 15 is 0 Å². The topological polar surface area (TPSA) is 133 Å². The number of fused-ring (bicyclic) bond motifs is 1. The van der Waals surface area contributed by atoms with Crippen LogP contribution in [0.2, 0.25) is 0 Å². The molecule has 0 bridgehead atoms. The maximum Gasteiger partial charge on any atom is 0.291 e. The first kappa shape index (κ1) is 17.0. The maximum atomic E-state index is 12.5. The molecule has 0 aliphatic carbocycles. The van der Waals surface area contributed by atoms with Gasteiger partial charge >= 0.3 is 0 Å². The summed E-state index contributed by atoms with van der Waals surface area (Å²) in [6.07, 6.45) is 1.46. The number of nitrogens with zero attached hydrogens (tertiary/aromatic N) is 4. The fraction of sp³-hybridized carbons (Fsp3) is 0. The smallest absolute Gasteiger partial charge is 0.291 e. The molecule has 9 nitrogen and oxygen atoms in total. The van der Waals surface area contributed by atoms with Crippen molar-refractivity contribution in [2.45, 2.75) is 0 Å². The standard InChI is InChI=1S/C19H13N7O2/c20-10-13(18-23-25-26-24-18)11-21-14-5-3-6-15(9-14)22-19(27)17-8-12-4-1-2-7-16(12)28-17/h1-9,11,21H,(H,22,27)(H,23,24,25,26). The van der Waals surface area contributed by atoms with Crippen molar-refractivity contribution < 1.29 is 9.21 Å². The number of H-pyrrole nitrogens is 1. The molecular formula is C19H13N7O2. The summed E-state index contributed by atoms with van der Waals surface area (Å²) in [7, 11) is 0. The number of allylic oxidation sites excluding steroid dienone is 1. The molecule has 2 heterocycles. The summed E-state index contributed by atoms with van der Waals surface area (Å²) < 4.78 is 5.57. The second-order valence-corrected chi connectivity index (χ2v) is 5.73. The maximum absolute atomic E-state index is 12.5. The molecule has 4 aromatic rings. The van der Waals surface area contributed by atoms with Crippen LogP contribution in [0.25, 0.3) is 16.5 Å². The van der Waals surface area contributed by atoms with Crippen LogP contribution in [0.4, 0.5) is 11.4 Å². The van der Waals surface area contributed by atoms with Crippen LogP contribution in [0.5, 0.6) is 0 Å². The molecule has 136 valence electrons. The van der Waals surface area contributed by atoms with Gasteiger partial charge in [-0.25, -0.2) is 0 Å². The molecule has 0 aliphatic heterocycles. The summed E-state index contributed by atoms with van der Waals surface area (Å²) in [6, 6.07) is 18.1. The van der Waals surface area contributed by atoms with Gasteiger partial charge in [0.05, 0.1) is 0 Å². The van der Waals surface area contributed by atoms with E-state index in [4.69, 9.17) is 4.42 Å². The van der Waals surface area contributed by atoms with Crippen LogP contribution in [0.3, 0.4) is 0 Å². The number of rotatable bonds is 5. The molecule has 9 heteroatoms. The summed E-state index contributed by atoms with van der Waals surface area (Å²) in [5.74, 6) is 0.0566. The van der Waals surface area contributed by atoms with Gasteiger partial charge in [-0.1, -0.05) is 24.3 Å². The Kier molecular flexibility index (Phi) is 4.51. The van der Waals surface area contributed by atoms with Gasteiger partial charge in [-0.15, -0.1) is 10.2 Å². The minimum atomic E-state index is -0.353. The zero-order valence-electron chi connectivity index (χ0n) is 14.4. The molecule has 0 spiro atoms. The number of nitriles is 1. The van der Waals surface area contributed by atoms with Crippen molar-refractivity contribution in [1.29, 1.82) is 5.26 Å². The fourth-order valence-electron chi connectivity index (χ4n) is 2.55. The number of carbonyl (C=O) groups is 1. The molecule has 1 amide bonds. The third-order valence-corrected chi connectivity index (χ3v) is 3.86. The van der Waals surface area contributed by atoms with Crippen molar-refractivity contribution in [2.75, 3.05) is 10.6 Å². The van der Waals surface area contributed by atoms with Crippen molar-refractivity contribution in [2.24, 2.45) is 0 Å². The molecule has 2 aromatic heterocycles. The highest BCUT2D eigenvalue weighted by molar-refractivity contribution is 6.04. The van der Waals surface area contributed by atoms with E-state index in [1.165, 1.54) is 6.20 Å². The average Bonchev–Trinajstić information content (AvgIpc) is 3.39. The van der Waals surface area contributed by atoms with Gasteiger partial charge in [0.1, 0.15) is 17.2 Å². The van der Waals surface area contributed by atoms with E-state index in [1.54, 1.807) is 36.4 Å². The SMILES string of the molecule is N#CC(=CNc1cccc(NC(=O)c2cc3ccccc3o2)c1)c1nn[nH]n1. The number of hydrogen-bond acceptors (Lipinski definition) is 7. The largest absolute Gasteiger partial charge is 0.451 e. The summed E-state index contributed by atoms with van der Waals surface area (Å²) in [5, 5.41) is 29.1. The predicted octanol–water partition coefficient (Wildman–Crippen LogP) is 3.17. The monoisotopic (exact) mass is 371 g/mol. The minimum absolute atomic E-state index is 0.185. The highest BCUT2D eigenvalue weighted by atomic mass is 16.3. The normalized spacial score (nSPS) is 11.2. The molecule has 0 atom stereocenters. The van der Waals surface area contributed by atoms with Gasteiger partial charge < -0.3 is 15.1 Å². The third kappa shape index (κ3) is 3.56. The number of tetrazole rings is 1. The lowest BCUT2D eigenvalue weighted by atomic mass is 10.2. The van der Waals surface area contributed by atoms with Crippen LogP contribution >= 0.6 is 0 Å². The molecule has 28 heavy (non-hydrogen) atoms. The van der Waals surface area contributed by atoms with E-state index in [9.17, 15) is 10.1 Å². The first-order chi connectivity index (χ1) is 13.7. The van der Waals surface area contributed by atoms with Crippen molar-refractivity contribution in [1.82, 2.24) is 20.6 Å². The lowest BCUT2D eigenvalue weighted by Gasteiger charge is -2.06. The number of furan rings is 1. The van der Waals surface area contributed by atoms with E-state index in [0.717, 1.165) is 5.39 Å². The van der Waals surface area contributed by atoms with Gasteiger partial charge in [-0.05, 0) is 35.5 Å². The molecule has 0 unspecified atom stereocenters. The van der Waals surface area contributed by atoms with Gasteiger partial charge in [-0.2, -0.15) is 10.5 Å². The van der Waals surface area contributed by atoms with Crippen molar-refractivity contribution in [3.63, 3.8) is 0 Å². The highest BCUT2D eigenvalue weighted by Gasteiger charge is 2.12. The number of amides is 1. The number of hydrogen-bond donors (Lipinski definition) is 3. The molecule has 0 fully saturated rings. The number of para-hydroxylation sites is 1. The number of anilines is 2. The Morgan fingerprint density at radius 2 is 2.00 bits per heavy atom. The van der Waals surface area contributed by atoms with Crippen molar-refractivity contribution in [3.05, 3.63) is 72.4 Å². The Morgan fingerprint density at radius 3 is 2.79 bits per heavy atom. The van der Waals surface area contributed by atoms with E-state index < -0.39 is 0 Å². The zero-order valence-corrected chi connectivity index (χ0v) is 14.4. The number of benzene rings is 2. The quantitative estimate of drug-likeness (QED) is 0.459. The second kappa shape index (κ2) is 7.43. The van der Waals surface area contributed by atoms with Gasteiger partial charge in [0, 0.05) is 23.0 Å². The van der Waals surface area contributed by atoms with Gasteiger partial charge in [0.15, 0.2) is 5.76 Å². The molecular weight excluding hydrogens is 358 g/mol. The number of carbonyl (C=O) groups excluding carboxylic acids is 1. The molecule has 0 radical (unpaired) electrons. The zero-order chi connectivity index (χ0) is 19.3. The first-order valence-electron chi connectivity index (χ1n) is 8.23. The minimum Gasteiger partial charge on any atom is -0.451 e. The van der Waals surface area contributed by atoms with E-state index in [0.29, 0.717) is 17.0 Å². The lowest BCUT2D eigenvalue weighted by molar-refractivity contribution is 0.0998. The number of nitrogens with one attached hydrogen (secondary N) is 3. The summed E-state index contributed by atoms with van der Waals surface area (Å²) in [6.45, 7) is 0. The average molecular weight is 371 g/mol. The summed E-state index contributed by atoms with van der Waals surface area (Å²) in [5.41, 5.74) is 2.10. The van der Waals surface area contributed by atoms with Gasteiger partial charge in [0.2, 0.25) is 5.82 Å². The summed E-state index contributed by atoms with van der Waals surface area (Å²) in [4.78, 5) is 12.5. The van der Waals surface area contributed by atoms with Crippen LogP contribution in [-0.2, 0) is 0 Å². The predicted molar refractivity (Wildman–Crippen MR) is 102 cm³/mol. The Bertz CT molecular complexity index is 1170. The fourth-order valence-corrected chi connectivity index (χ4v) is 2.55. The van der Waals surface area contributed by atoms with E-state index in [-0.39, 0.29) is 23.1 Å². The van der Waals surface area contributed by atoms with E-state index in [1.807, 2.05) is 24.3 Å². The summed E-state index contributed by atoms with van der Waals surface area (Å²) >= 11 is 0. The Morgan fingerprint density at radius 1 is 1.14 bits per heavy atom. The lowest BCUT2D eigenvalue weighted by Crippen LogP contribution is -2.10. The Balaban J connectivity index is 1.49. The Labute approximate surface area is 158 Å². The third-order valence-electron chi connectivity index (χ3n) is 3.86. The van der Waals surface area contributed by atoms with Crippen LogP contribution in [0.1, 0.15) is 16.4 Å². The first-order valence-corrected chi connectivity index (χ1v) is 8.23. The highest BCUT2D eigenvalue weighted by Crippen LogP contribution is 2.21. The molecule has 0 saturated heterocycles. The second-order valence-electron chi connectivity index (χ2n) is 5.73. The van der Waals surface area contributed by atoms with Crippen LogP contribution in [-0.4, -0.2) is 26.5 Å². The van der Waals surface area contributed by atoms with Gasteiger partial charge in [-0.3, -0.25) is 4.79 Å². The Hall–Kier alpha value is -4.45. The molecule has 0 saturated carbocycles. The van der Waals surface area contributed by atoms with Crippen LogP contribution in [0.15, 0.2) is 65.2 Å². The van der Waals surface area contributed by atoms with Gasteiger partial charge in [0.25, 0.3) is 5.91 Å². The molecule has 3 N–H and O–H groups in total. The van der Waals surface area contributed by atoms with Crippen molar-refractivity contribution >= 4 is 33.8 Å². The molecule has 4 rings (SSSR count). The van der Waals surface area contributed by atoms with E-state index in [2.05, 4.69) is 31.3 Å². The van der Waals surface area contributed by atoms with Crippen molar-refractivity contribution in [3.8, 4) is 6.07 Å². The van der Waals surface area contributed by atoms with Crippen LogP contribution in [0, 0.1) is 11.3 Å². The molecule has 0 aliphatic rings. The number of aromatic nitrogens is 4.